The highest BCUT2D eigenvalue weighted by Gasteiger charge is 2.03. The minimum Gasteiger partial charge on any atom is -0.396 e. The lowest BCUT2D eigenvalue weighted by Gasteiger charge is -2.03. The van der Waals surface area contributed by atoms with Crippen molar-refractivity contribution in [2.75, 3.05) is 6.61 Å². The average molecular weight is 231 g/mol. The van der Waals surface area contributed by atoms with Gasteiger partial charge in [0.15, 0.2) is 0 Å². The van der Waals surface area contributed by atoms with Gasteiger partial charge in [-0.15, -0.1) is 5.10 Å². The van der Waals surface area contributed by atoms with Crippen LogP contribution in [0.3, 0.4) is 0 Å². The fourth-order valence-corrected chi connectivity index (χ4v) is 1.88. The van der Waals surface area contributed by atoms with Crippen molar-refractivity contribution in [1.29, 1.82) is 0 Å². The Balaban J connectivity index is 2.24. The molecule has 2 aromatic rings. The Morgan fingerprint density at radius 3 is 2.53 bits per heavy atom. The van der Waals surface area contributed by atoms with E-state index in [9.17, 15) is 0 Å². The minimum absolute atomic E-state index is 0.191. The van der Waals surface area contributed by atoms with E-state index in [1.54, 1.807) is 4.68 Å². The molecule has 2 rings (SSSR count). The van der Waals surface area contributed by atoms with Gasteiger partial charge in [-0.3, -0.25) is 0 Å². The number of aliphatic hydroxyl groups is 1. The first-order valence-corrected chi connectivity index (χ1v) is 5.80. The van der Waals surface area contributed by atoms with Crippen LogP contribution in [-0.2, 0) is 6.42 Å². The number of benzene rings is 1. The second-order valence-corrected chi connectivity index (χ2v) is 4.33. The van der Waals surface area contributed by atoms with Gasteiger partial charge in [0, 0.05) is 6.61 Å². The van der Waals surface area contributed by atoms with Crippen LogP contribution < -0.4 is 0 Å². The molecule has 90 valence electrons. The van der Waals surface area contributed by atoms with Crippen molar-refractivity contribution in [3.8, 4) is 5.69 Å². The van der Waals surface area contributed by atoms with E-state index in [0.717, 1.165) is 24.2 Å². The van der Waals surface area contributed by atoms with Crippen LogP contribution in [0.4, 0.5) is 0 Å². The highest BCUT2D eigenvalue weighted by molar-refractivity contribution is 5.38. The zero-order valence-corrected chi connectivity index (χ0v) is 10.2. The molecule has 1 aromatic heterocycles. The largest absolute Gasteiger partial charge is 0.396 e. The molecule has 0 saturated heterocycles. The maximum atomic E-state index is 8.77. The molecule has 0 atom stereocenters. The molecule has 4 heteroatoms. The van der Waals surface area contributed by atoms with E-state index < -0.39 is 0 Å². The Kier molecular flexibility index (Phi) is 3.54. The van der Waals surface area contributed by atoms with Crippen molar-refractivity contribution in [1.82, 2.24) is 15.0 Å². The van der Waals surface area contributed by atoms with Crippen molar-refractivity contribution in [2.24, 2.45) is 0 Å². The summed E-state index contributed by atoms with van der Waals surface area (Å²) in [7, 11) is 0. The van der Waals surface area contributed by atoms with Crippen molar-refractivity contribution >= 4 is 0 Å². The third-order valence-corrected chi connectivity index (χ3v) is 2.60. The first kappa shape index (κ1) is 11.8. The summed E-state index contributed by atoms with van der Waals surface area (Å²) in [6.45, 7) is 4.33. The molecule has 1 N–H and O–H groups in total. The van der Waals surface area contributed by atoms with Crippen LogP contribution in [0.2, 0.25) is 0 Å². The molecular weight excluding hydrogens is 214 g/mol. The van der Waals surface area contributed by atoms with Crippen molar-refractivity contribution in [3.63, 3.8) is 0 Å². The molecular formula is C13H17N3O. The van der Waals surface area contributed by atoms with E-state index in [4.69, 9.17) is 5.11 Å². The molecule has 4 nitrogen and oxygen atoms in total. The van der Waals surface area contributed by atoms with Crippen molar-refractivity contribution < 1.29 is 5.11 Å². The number of hydrogen-bond acceptors (Lipinski definition) is 3. The quantitative estimate of drug-likeness (QED) is 0.873. The molecule has 1 heterocycles. The van der Waals surface area contributed by atoms with Crippen LogP contribution in [0.25, 0.3) is 5.69 Å². The molecule has 0 bridgehead atoms. The second kappa shape index (κ2) is 5.10. The highest BCUT2D eigenvalue weighted by Crippen LogP contribution is 2.13. The van der Waals surface area contributed by atoms with Gasteiger partial charge in [0.05, 0.1) is 17.6 Å². The average Bonchev–Trinajstić information content (AvgIpc) is 2.73. The molecule has 1 aromatic carbocycles. The molecule has 0 unspecified atom stereocenters. The number of aliphatic hydroxyl groups excluding tert-OH is 1. The number of rotatable bonds is 4. The summed E-state index contributed by atoms with van der Waals surface area (Å²) in [5, 5.41) is 17.0. The van der Waals surface area contributed by atoms with Crippen molar-refractivity contribution in [2.45, 2.75) is 26.7 Å². The van der Waals surface area contributed by atoms with Gasteiger partial charge >= 0.3 is 0 Å². The fraction of sp³-hybridized carbons (Fsp3) is 0.385. The van der Waals surface area contributed by atoms with E-state index in [1.807, 2.05) is 6.20 Å². The predicted octanol–water partition coefficient (Wildman–Crippen LogP) is 1.81. The van der Waals surface area contributed by atoms with Crippen LogP contribution in [0.5, 0.6) is 0 Å². The van der Waals surface area contributed by atoms with Gasteiger partial charge in [-0.05, 0) is 49.9 Å². The third-order valence-electron chi connectivity index (χ3n) is 2.60. The van der Waals surface area contributed by atoms with E-state index in [2.05, 4.69) is 42.4 Å². The maximum Gasteiger partial charge on any atom is 0.0832 e. The Morgan fingerprint density at radius 1 is 1.18 bits per heavy atom. The first-order chi connectivity index (χ1) is 8.19. The van der Waals surface area contributed by atoms with E-state index in [-0.39, 0.29) is 6.61 Å². The van der Waals surface area contributed by atoms with Crippen LogP contribution in [0, 0.1) is 13.8 Å². The summed E-state index contributed by atoms with van der Waals surface area (Å²) in [6, 6.07) is 6.29. The van der Waals surface area contributed by atoms with Gasteiger partial charge in [0.1, 0.15) is 0 Å². The fourth-order valence-electron chi connectivity index (χ4n) is 1.88. The van der Waals surface area contributed by atoms with Crippen LogP contribution in [0.1, 0.15) is 23.2 Å². The van der Waals surface area contributed by atoms with Gasteiger partial charge in [0.25, 0.3) is 0 Å². The number of aryl methyl sites for hydroxylation is 3. The van der Waals surface area contributed by atoms with E-state index in [1.165, 1.54) is 11.1 Å². The van der Waals surface area contributed by atoms with Gasteiger partial charge in [-0.25, -0.2) is 4.68 Å². The summed E-state index contributed by atoms with van der Waals surface area (Å²) in [6.07, 6.45) is 3.41. The second-order valence-electron chi connectivity index (χ2n) is 4.33. The summed E-state index contributed by atoms with van der Waals surface area (Å²) >= 11 is 0. The topological polar surface area (TPSA) is 50.9 Å². The zero-order valence-electron chi connectivity index (χ0n) is 10.2. The minimum atomic E-state index is 0.191. The maximum absolute atomic E-state index is 8.77. The summed E-state index contributed by atoms with van der Waals surface area (Å²) in [5.74, 6) is 0. The lowest BCUT2D eigenvalue weighted by Crippen LogP contribution is -1.96. The normalized spacial score (nSPS) is 10.8. The molecule has 0 aliphatic rings. The molecule has 17 heavy (non-hydrogen) atoms. The van der Waals surface area contributed by atoms with Gasteiger partial charge in [0.2, 0.25) is 0 Å². The standard InChI is InChI=1S/C13H17N3O/c1-10-6-11(2)8-13(7-10)16-9-12(14-15-16)4-3-5-17/h6-9,17H,3-5H2,1-2H3. The number of hydrogen-bond donors (Lipinski definition) is 1. The lowest BCUT2D eigenvalue weighted by atomic mass is 10.1. The summed E-state index contributed by atoms with van der Waals surface area (Å²) in [4.78, 5) is 0. The SMILES string of the molecule is Cc1cc(C)cc(-n2cc(CCCO)nn2)c1. The molecule has 0 aliphatic carbocycles. The number of nitrogens with zero attached hydrogens (tertiary/aromatic N) is 3. The Hall–Kier alpha value is -1.68. The van der Waals surface area contributed by atoms with Crippen LogP contribution in [0.15, 0.2) is 24.4 Å². The highest BCUT2D eigenvalue weighted by atomic mass is 16.2. The Labute approximate surface area is 101 Å². The van der Waals surface area contributed by atoms with Gasteiger partial charge < -0.3 is 5.11 Å². The molecule has 0 spiro atoms. The Morgan fingerprint density at radius 2 is 1.88 bits per heavy atom. The van der Waals surface area contributed by atoms with Crippen LogP contribution >= 0.6 is 0 Å². The van der Waals surface area contributed by atoms with Crippen molar-refractivity contribution in [3.05, 3.63) is 41.2 Å². The molecule has 0 radical (unpaired) electrons. The first-order valence-electron chi connectivity index (χ1n) is 5.80. The molecule has 0 saturated carbocycles. The smallest absolute Gasteiger partial charge is 0.0832 e. The predicted molar refractivity (Wildman–Crippen MR) is 66.2 cm³/mol. The molecule has 0 amide bonds. The monoisotopic (exact) mass is 231 g/mol. The third kappa shape index (κ3) is 2.91. The van der Waals surface area contributed by atoms with E-state index >= 15 is 0 Å². The summed E-state index contributed by atoms with van der Waals surface area (Å²) in [5.41, 5.74) is 4.38. The van der Waals surface area contributed by atoms with Crippen LogP contribution in [-0.4, -0.2) is 26.7 Å². The molecule has 0 aliphatic heterocycles. The van der Waals surface area contributed by atoms with Gasteiger partial charge in [-0.1, -0.05) is 11.3 Å². The molecule has 0 fully saturated rings. The zero-order chi connectivity index (χ0) is 12.3. The number of aromatic nitrogens is 3. The van der Waals surface area contributed by atoms with Gasteiger partial charge in [-0.2, -0.15) is 0 Å². The summed E-state index contributed by atoms with van der Waals surface area (Å²) < 4.78 is 1.78. The Bertz CT molecular complexity index is 485. The van der Waals surface area contributed by atoms with E-state index in [0.29, 0.717) is 0 Å². The lowest BCUT2D eigenvalue weighted by molar-refractivity contribution is 0.288.